The maximum atomic E-state index is 11.7. The van der Waals surface area contributed by atoms with E-state index in [2.05, 4.69) is 5.32 Å². The van der Waals surface area contributed by atoms with E-state index in [9.17, 15) is 14.4 Å². The van der Waals surface area contributed by atoms with E-state index in [0.717, 1.165) is 0 Å². The average Bonchev–Trinajstić information content (AvgIpc) is 2.66. The van der Waals surface area contributed by atoms with Crippen LogP contribution in [0.1, 0.15) is 33.4 Å². The topological polar surface area (TPSA) is 112 Å². The van der Waals surface area contributed by atoms with Crippen molar-refractivity contribution in [2.45, 2.75) is 13.8 Å². The lowest BCUT2D eigenvalue weighted by Crippen LogP contribution is -2.20. The number of alkyl halides is 1. The van der Waals surface area contributed by atoms with E-state index in [1.807, 2.05) is 0 Å². The summed E-state index contributed by atoms with van der Waals surface area (Å²) in [7, 11) is 0. The lowest BCUT2D eigenvalue weighted by atomic mass is 10.1. The lowest BCUT2D eigenvalue weighted by molar-refractivity contribution is -0.114. The van der Waals surface area contributed by atoms with Gasteiger partial charge >= 0.3 is 5.97 Å². The number of nitrogens with one attached hydrogen (secondary N) is 1. The van der Waals surface area contributed by atoms with Crippen LogP contribution in [0.4, 0.5) is 5.88 Å². The van der Waals surface area contributed by atoms with Gasteiger partial charge in [0, 0.05) is 0 Å². The number of hydrogen-bond donors (Lipinski definition) is 2. The Morgan fingerprint density at radius 1 is 1.37 bits per heavy atom. The second-order valence-electron chi connectivity index (χ2n) is 3.50. The van der Waals surface area contributed by atoms with Crippen molar-refractivity contribution in [3.63, 3.8) is 0 Å². The van der Waals surface area contributed by atoms with Crippen molar-refractivity contribution in [2.75, 3.05) is 17.8 Å². The standard InChI is InChI=1S/C11H13ClN2O5/c1-3-18-11(17)7-5(2)19-10(8(7)9(13)16)14-6(15)4-12/h3-4H2,1-2H3,(H2,13,16)(H,14,15). The molecular formula is C11H13ClN2O5. The van der Waals surface area contributed by atoms with E-state index in [0.29, 0.717) is 0 Å². The van der Waals surface area contributed by atoms with Crippen molar-refractivity contribution < 1.29 is 23.5 Å². The summed E-state index contributed by atoms with van der Waals surface area (Å²) >= 11 is 5.33. The van der Waals surface area contributed by atoms with Crippen LogP contribution in [0.3, 0.4) is 0 Å². The van der Waals surface area contributed by atoms with Crippen LogP contribution in [0.25, 0.3) is 0 Å². The fourth-order valence-corrected chi connectivity index (χ4v) is 1.54. The summed E-state index contributed by atoms with van der Waals surface area (Å²) in [6, 6.07) is 0. The average molecular weight is 289 g/mol. The van der Waals surface area contributed by atoms with Crippen LogP contribution in [-0.2, 0) is 9.53 Å². The van der Waals surface area contributed by atoms with Crippen molar-refractivity contribution in [1.82, 2.24) is 0 Å². The van der Waals surface area contributed by atoms with E-state index < -0.39 is 17.8 Å². The second-order valence-corrected chi connectivity index (χ2v) is 3.77. The van der Waals surface area contributed by atoms with Gasteiger partial charge in [-0.1, -0.05) is 0 Å². The molecule has 0 aliphatic carbocycles. The molecule has 1 aromatic rings. The SMILES string of the molecule is CCOC(=O)c1c(C)oc(NC(=O)CCl)c1C(N)=O. The minimum absolute atomic E-state index is 0.0979. The highest BCUT2D eigenvalue weighted by molar-refractivity contribution is 6.29. The van der Waals surface area contributed by atoms with Gasteiger partial charge in [-0.15, -0.1) is 11.6 Å². The Morgan fingerprint density at radius 3 is 2.47 bits per heavy atom. The molecule has 0 fully saturated rings. The molecule has 104 valence electrons. The molecular weight excluding hydrogens is 276 g/mol. The Balaban J connectivity index is 3.27. The molecule has 1 aromatic heterocycles. The smallest absolute Gasteiger partial charge is 0.342 e. The Bertz CT molecular complexity index is 523. The molecule has 0 aromatic carbocycles. The zero-order valence-corrected chi connectivity index (χ0v) is 11.2. The molecule has 7 nitrogen and oxygen atoms in total. The molecule has 2 amide bonds. The first-order chi connectivity index (χ1) is 8.92. The van der Waals surface area contributed by atoms with Gasteiger partial charge in [0.25, 0.3) is 5.91 Å². The monoisotopic (exact) mass is 288 g/mol. The third kappa shape index (κ3) is 3.25. The molecule has 1 heterocycles. The quantitative estimate of drug-likeness (QED) is 0.621. The first-order valence-electron chi connectivity index (χ1n) is 5.38. The molecule has 8 heteroatoms. The van der Waals surface area contributed by atoms with Gasteiger partial charge in [0.15, 0.2) is 0 Å². The molecule has 0 saturated carbocycles. The van der Waals surface area contributed by atoms with Crippen molar-refractivity contribution in [3.05, 3.63) is 16.9 Å². The maximum Gasteiger partial charge on any atom is 0.342 e. The minimum atomic E-state index is -0.912. The van der Waals surface area contributed by atoms with Crippen molar-refractivity contribution >= 4 is 35.3 Å². The molecule has 0 saturated heterocycles. The Kier molecular flexibility index (Phi) is 4.94. The molecule has 0 bridgehead atoms. The first-order valence-corrected chi connectivity index (χ1v) is 5.91. The van der Waals surface area contributed by atoms with Crippen LogP contribution in [0, 0.1) is 6.92 Å². The number of furan rings is 1. The second kappa shape index (κ2) is 6.24. The van der Waals surface area contributed by atoms with Crippen LogP contribution in [0.5, 0.6) is 0 Å². The summed E-state index contributed by atoms with van der Waals surface area (Å²) in [5, 5.41) is 2.25. The Hall–Kier alpha value is -2.02. The number of rotatable bonds is 5. The molecule has 1 rings (SSSR count). The molecule has 0 atom stereocenters. The number of carbonyl (C=O) groups excluding carboxylic acids is 3. The number of nitrogens with two attached hydrogens (primary N) is 1. The lowest BCUT2D eigenvalue weighted by Gasteiger charge is -2.03. The number of ether oxygens (including phenoxy) is 1. The zero-order chi connectivity index (χ0) is 14.6. The largest absolute Gasteiger partial charge is 0.462 e. The normalized spacial score (nSPS) is 10.1. The van der Waals surface area contributed by atoms with Gasteiger partial charge in [-0.3, -0.25) is 14.9 Å². The van der Waals surface area contributed by atoms with E-state index in [-0.39, 0.29) is 35.3 Å². The molecule has 0 unspecified atom stereocenters. The van der Waals surface area contributed by atoms with Gasteiger partial charge in [-0.2, -0.15) is 0 Å². The van der Waals surface area contributed by atoms with Gasteiger partial charge in [-0.05, 0) is 13.8 Å². The highest BCUT2D eigenvalue weighted by Gasteiger charge is 2.28. The summed E-state index contributed by atoms with van der Waals surface area (Å²) in [5.41, 5.74) is 4.86. The molecule has 3 N–H and O–H groups in total. The van der Waals surface area contributed by atoms with E-state index in [1.165, 1.54) is 6.92 Å². The summed E-state index contributed by atoms with van der Waals surface area (Å²) < 4.78 is 9.95. The van der Waals surface area contributed by atoms with Gasteiger partial charge in [-0.25, -0.2) is 4.79 Å². The molecule has 0 aliphatic rings. The van der Waals surface area contributed by atoms with Gasteiger partial charge < -0.3 is 14.9 Å². The Morgan fingerprint density at radius 2 is 2.00 bits per heavy atom. The van der Waals surface area contributed by atoms with Crippen LogP contribution in [0.15, 0.2) is 4.42 Å². The van der Waals surface area contributed by atoms with Crippen LogP contribution >= 0.6 is 11.6 Å². The third-order valence-corrected chi connectivity index (χ3v) is 2.43. The summed E-state index contributed by atoms with van der Waals surface area (Å²) in [6.45, 7) is 3.20. The van der Waals surface area contributed by atoms with E-state index >= 15 is 0 Å². The first kappa shape index (κ1) is 15.0. The highest BCUT2D eigenvalue weighted by Crippen LogP contribution is 2.27. The number of hydrogen-bond acceptors (Lipinski definition) is 5. The molecule has 0 aliphatic heterocycles. The number of amides is 2. The van der Waals surface area contributed by atoms with E-state index in [1.54, 1.807) is 6.92 Å². The van der Waals surface area contributed by atoms with Gasteiger partial charge in [0.1, 0.15) is 22.8 Å². The summed E-state index contributed by atoms with van der Waals surface area (Å²) in [4.78, 5) is 34.3. The fraction of sp³-hybridized carbons (Fsp3) is 0.364. The molecule has 0 spiro atoms. The predicted octanol–water partition coefficient (Wildman–Crippen LogP) is 1.04. The molecule has 19 heavy (non-hydrogen) atoms. The number of halogens is 1. The molecule has 0 radical (unpaired) electrons. The number of esters is 1. The number of primary amides is 1. The zero-order valence-electron chi connectivity index (χ0n) is 10.4. The fourth-order valence-electron chi connectivity index (χ4n) is 1.48. The highest BCUT2D eigenvalue weighted by atomic mass is 35.5. The summed E-state index contributed by atoms with van der Waals surface area (Å²) in [5.74, 6) is -2.66. The third-order valence-electron chi connectivity index (χ3n) is 2.18. The van der Waals surface area contributed by atoms with E-state index in [4.69, 9.17) is 26.5 Å². The number of aryl methyl sites for hydroxylation is 1. The number of carbonyl (C=O) groups is 3. The maximum absolute atomic E-state index is 11.7. The summed E-state index contributed by atoms with van der Waals surface area (Å²) in [6.07, 6.45) is 0. The van der Waals surface area contributed by atoms with Crippen LogP contribution in [-0.4, -0.2) is 30.3 Å². The van der Waals surface area contributed by atoms with Crippen molar-refractivity contribution in [3.8, 4) is 0 Å². The number of anilines is 1. The van der Waals surface area contributed by atoms with Crippen molar-refractivity contribution in [1.29, 1.82) is 0 Å². The predicted molar refractivity (Wildman–Crippen MR) is 67.3 cm³/mol. The van der Waals surface area contributed by atoms with Crippen LogP contribution in [0.2, 0.25) is 0 Å². The van der Waals surface area contributed by atoms with Gasteiger partial charge in [0.05, 0.1) is 6.61 Å². The Labute approximate surface area is 114 Å². The van der Waals surface area contributed by atoms with Crippen molar-refractivity contribution in [2.24, 2.45) is 5.73 Å². The minimum Gasteiger partial charge on any atom is -0.462 e. The van der Waals surface area contributed by atoms with Gasteiger partial charge in [0.2, 0.25) is 11.8 Å². The van der Waals surface area contributed by atoms with Crippen LogP contribution < -0.4 is 11.1 Å².